The van der Waals surface area contributed by atoms with Crippen LogP contribution in [0.1, 0.15) is 38.5 Å². The van der Waals surface area contributed by atoms with Crippen molar-refractivity contribution in [3.05, 3.63) is 12.2 Å². The van der Waals surface area contributed by atoms with Crippen molar-refractivity contribution in [1.29, 1.82) is 0 Å². The molecule has 1 aliphatic heterocycles. The standard InChI is InChI=1S/C15H22O3/c16-15-13-7-3-4-8-14(13)17-9-11-5-1-2-6-12(11)10-18-15/h4,8,11-14H,1-3,5-7,9-10H2/t11-,12+,13+,14+/m0/s1. The summed E-state index contributed by atoms with van der Waals surface area (Å²) >= 11 is 0. The molecule has 0 spiro atoms. The van der Waals surface area contributed by atoms with Crippen LogP contribution in [0.5, 0.6) is 0 Å². The fourth-order valence-electron chi connectivity index (χ4n) is 3.48. The molecule has 0 radical (unpaired) electrons. The Morgan fingerprint density at radius 3 is 2.67 bits per heavy atom. The number of carbonyl (C=O) groups is 1. The predicted molar refractivity (Wildman–Crippen MR) is 68.0 cm³/mol. The molecule has 0 aromatic heterocycles. The van der Waals surface area contributed by atoms with Crippen LogP contribution in [0, 0.1) is 17.8 Å². The Morgan fingerprint density at radius 2 is 1.83 bits per heavy atom. The lowest BCUT2D eigenvalue weighted by atomic mass is 9.80. The molecule has 0 unspecified atom stereocenters. The second-order valence-corrected chi connectivity index (χ2v) is 5.84. The molecular formula is C15H22O3. The summed E-state index contributed by atoms with van der Waals surface area (Å²) in [4.78, 5) is 12.1. The zero-order chi connectivity index (χ0) is 12.4. The van der Waals surface area contributed by atoms with E-state index in [1.807, 2.05) is 0 Å². The number of allylic oxidation sites excluding steroid dienone is 1. The van der Waals surface area contributed by atoms with Gasteiger partial charge >= 0.3 is 5.97 Å². The molecule has 2 aliphatic carbocycles. The predicted octanol–water partition coefficient (Wildman–Crippen LogP) is 2.70. The monoisotopic (exact) mass is 250 g/mol. The highest BCUT2D eigenvalue weighted by Crippen LogP contribution is 2.34. The SMILES string of the molecule is O=C1OC[C@H]2CCCC[C@H]2CO[C@@H]2C=CCC[C@@H]12. The van der Waals surface area contributed by atoms with E-state index in [4.69, 9.17) is 9.47 Å². The maximum Gasteiger partial charge on any atom is 0.311 e. The van der Waals surface area contributed by atoms with Crippen molar-refractivity contribution in [2.75, 3.05) is 13.2 Å². The van der Waals surface area contributed by atoms with Crippen LogP contribution in [-0.4, -0.2) is 25.3 Å². The first-order valence-electron chi connectivity index (χ1n) is 7.29. The molecule has 3 nitrogen and oxygen atoms in total. The fourth-order valence-corrected chi connectivity index (χ4v) is 3.48. The smallest absolute Gasteiger partial charge is 0.311 e. The van der Waals surface area contributed by atoms with Gasteiger partial charge in [0, 0.05) is 0 Å². The van der Waals surface area contributed by atoms with Crippen molar-refractivity contribution < 1.29 is 14.3 Å². The zero-order valence-electron chi connectivity index (χ0n) is 10.8. The van der Waals surface area contributed by atoms with E-state index in [-0.39, 0.29) is 18.0 Å². The topological polar surface area (TPSA) is 35.5 Å². The van der Waals surface area contributed by atoms with E-state index in [1.54, 1.807) is 0 Å². The van der Waals surface area contributed by atoms with Gasteiger partial charge in [-0.25, -0.2) is 0 Å². The number of ether oxygens (including phenoxy) is 2. The van der Waals surface area contributed by atoms with Gasteiger partial charge in [-0.2, -0.15) is 0 Å². The van der Waals surface area contributed by atoms with Crippen molar-refractivity contribution in [3.8, 4) is 0 Å². The minimum atomic E-state index is -0.0739. The zero-order valence-corrected chi connectivity index (χ0v) is 10.8. The number of hydrogen-bond acceptors (Lipinski definition) is 3. The van der Waals surface area contributed by atoms with Gasteiger partial charge in [-0.15, -0.1) is 0 Å². The maximum atomic E-state index is 12.1. The van der Waals surface area contributed by atoms with Crippen molar-refractivity contribution in [1.82, 2.24) is 0 Å². The van der Waals surface area contributed by atoms with Gasteiger partial charge in [-0.05, 0) is 37.5 Å². The summed E-state index contributed by atoms with van der Waals surface area (Å²) in [6.45, 7) is 1.41. The highest BCUT2D eigenvalue weighted by Gasteiger charge is 2.35. The first kappa shape index (κ1) is 12.2. The van der Waals surface area contributed by atoms with Gasteiger partial charge in [-0.3, -0.25) is 4.79 Å². The van der Waals surface area contributed by atoms with E-state index in [9.17, 15) is 4.79 Å². The average Bonchev–Trinajstić information content (AvgIpc) is 2.49. The van der Waals surface area contributed by atoms with Crippen molar-refractivity contribution in [2.45, 2.75) is 44.6 Å². The molecule has 0 amide bonds. The van der Waals surface area contributed by atoms with Crippen LogP contribution < -0.4 is 0 Å². The molecule has 0 aromatic rings. The molecular weight excluding hydrogens is 228 g/mol. The number of esters is 1. The van der Waals surface area contributed by atoms with E-state index in [0.29, 0.717) is 18.4 Å². The quantitative estimate of drug-likeness (QED) is 0.490. The molecule has 3 aliphatic rings. The van der Waals surface area contributed by atoms with E-state index < -0.39 is 0 Å². The minimum Gasteiger partial charge on any atom is -0.465 e. The molecule has 0 bridgehead atoms. The molecule has 100 valence electrons. The Kier molecular flexibility index (Phi) is 3.69. The van der Waals surface area contributed by atoms with Crippen LogP contribution in [0.15, 0.2) is 12.2 Å². The van der Waals surface area contributed by atoms with Crippen LogP contribution in [0.25, 0.3) is 0 Å². The molecule has 1 saturated heterocycles. The first-order valence-corrected chi connectivity index (χ1v) is 7.29. The largest absolute Gasteiger partial charge is 0.465 e. The Hall–Kier alpha value is -0.830. The van der Waals surface area contributed by atoms with Crippen LogP contribution >= 0.6 is 0 Å². The molecule has 1 saturated carbocycles. The van der Waals surface area contributed by atoms with Crippen molar-refractivity contribution in [2.24, 2.45) is 17.8 Å². The number of fused-ring (bicyclic) bond motifs is 2. The summed E-state index contributed by atoms with van der Waals surface area (Å²) < 4.78 is 11.6. The highest BCUT2D eigenvalue weighted by atomic mass is 16.5. The third-order valence-electron chi connectivity index (χ3n) is 4.68. The maximum absolute atomic E-state index is 12.1. The van der Waals surface area contributed by atoms with E-state index in [0.717, 1.165) is 19.4 Å². The molecule has 0 N–H and O–H groups in total. The van der Waals surface area contributed by atoms with E-state index in [2.05, 4.69) is 12.2 Å². The normalized spacial score (nSPS) is 40.8. The minimum absolute atomic E-state index is 0.0458. The molecule has 4 atom stereocenters. The Labute approximate surface area is 109 Å². The molecule has 2 fully saturated rings. The average molecular weight is 250 g/mol. The van der Waals surface area contributed by atoms with Crippen molar-refractivity contribution in [3.63, 3.8) is 0 Å². The van der Waals surface area contributed by atoms with E-state index in [1.165, 1.54) is 25.7 Å². The summed E-state index contributed by atoms with van der Waals surface area (Å²) in [5.74, 6) is 0.984. The van der Waals surface area contributed by atoms with Crippen LogP contribution in [0.4, 0.5) is 0 Å². The van der Waals surface area contributed by atoms with Gasteiger partial charge in [0.1, 0.15) is 0 Å². The second kappa shape index (κ2) is 5.43. The fraction of sp³-hybridized carbons (Fsp3) is 0.800. The molecule has 18 heavy (non-hydrogen) atoms. The Morgan fingerprint density at radius 1 is 1.06 bits per heavy atom. The van der Waals surface area contributed by atoms with Gasteiger partial charge in [0.05, 0.1) is 25.2 Å². The number of carbonyl (C=O) groups excluding carboxylic acids is 1. The van der Waals surface area contributed by atoms with Gasteiger partial charge in [0.2, 0.25) is 0 Å². The third kappa shape index (κ3) is 2.46. The summed E-state index contributed by atoms with van der Waals surface area (Å²) in [6, 6.07) is 0. The Bertz CT molecular complexity index is 337. The summed E-state index contributed by atoms with van der Waals surface area (Å²) in [6.07, 6.45) is 10.9. The molecule has 3 heteroatoms. The number of rotatable bonds is 0. The van der Waals surface area contributed by atoms with Gasteiger partial charge in [-0.1, -0.05) is 25.0 Å². The first-order chi connectivity index (χ1) is 8.84. The number of hydrogen-bond donors (Lipinski definition) is 0. The molecule has 0 aromatic carbocycles. The number of cyclic esters (lactones) is 1. The highest BCUT2D eigenvalue weighted by molar-refractivity contribution is 5.73. The van der Waals surface area contributed by atoms with Crippen LogP contribution in [0.3, 0.4) is 0 Å². The van der Waals surface area contributed by atoms with Crippen molar-refractivity contribution >= 4 is 5.97 Å². The van der Waals surface area contributed by atoms with Gasteiger partial charge in [0.15, 0.2) is 0 Å². The lowest BCUT2D eigenvalue weighted by Crippen LogP contribution is -2.32. The molecule has 3 rings (SSSR count). The lowest BCUT2D eigenvalue weighted by molar-refractivity contribution is -0.153. The Balaban J connectivity index is 1.74. The molecule has 1 heterocycles. The third-order valence-corrected chi connectivity index (χ3v) is 4.68. The van der Waals surface area contributed by atoms with Crippen LogP contribution in [0.2, 0.25) is 0 Å². The van der Waals surface area contributed by atoms with E-state index >= 15 is 0 Å². The summed E-state index contributed by atoms with van der Waals surface area (Å²) in [5.41, 5.74) is 0. The van der Waals surface area contributed by atoms with Crippen LogP contribution in [-0.2, 0) is 14.3 Å². The van der Waals surface area contributed by atoms with Gasteiger partial charge < -0.3 is 9.47 Å². The van der Waals surface area contributed by atoms with Gasteiger partial charge in [0.25, 0.3) is 0 Å². The second-order valence-electron chi connectivity index (χ2n) is 5.84. The summed E-state index contributed by atoms with van der Waals surface area (Å²) in [5, 5.41) is 0. The summed E-state index contributed by atoms with van der Waals surface area (Å²) in [7, 11) is 0. The lowest BCUT2D eigenvalue weighted by Gasteiger charge is -2.30.